The van der Waals surface area contributed by atoms with E-state index in [0.29, 0.717) is 10.7 Å². The summed E-state index contributed by atoms with van der Waals surface area (Å²) < 4.78 is 1.43. The first-order chi connectivity index (χ1) is 23.2. The summed E-state index contributed by atoms with van der Waals surface area (Å²) in [4.78, 5) is 76.7. The second kappa shape index (κ2) is 13.9. The van der Waals surface area contributed by atoms with Crippen LogP contribution in [0.4, 0.5) is 10.9 Å². The number of aromatic nitrogens is 3. The van der Waals surface area contributed by atoms with Gasteiger partial charge in [-0.05, 0) is 34.5 Å². The molecule has 22 heteroatoms. The lowest BCUT2D eigenvalue weighted by Gasteiger charge is -2.49. The number of aromatic carboxylic acids is 1. The number of nitrogen functional groups attached to an aromatic ring is 2. The summed E-state index contributed by atoms with van der Waals surface area (Å²) in [6.07, 6.45) is -0.566. The first-order valence-electron chi connectivity index (χ1n) is 13.6. The second-order valence-electron chi connectivity index (χ2n) is 10.2. The Morgan fingerprint density at radius 3 is 2.51 bits per heavy atom. The predicted octanol–water partition coefficient (Wildman–Crippen LogP) is -0.286. The smallest absolute Gasteiger partial charge is 0.361 e. The Bertz CT molecular complexity index is 1970. The van der Waals surface area contributed by atoms with Gasteiger partial charge in [-0.25, -0.2) is 23.9 Å². The molecular weight excluding hydrogens is 709 g/mol. The maximum absolute atomic E-state index is 13.5. The number of oxime groups is 1. The summed E-state index contributed by atoms with van der Waals surface area (Å²) in [5.74, 6) is -7.09. The van der Waals surface area contributed by atoms with Crippen LogP contribution in [0.2, 0.25) is 0 Å². The van der Waals surface area contributed by atoms with E-state index in [1.54, 1.807) is 7.05 Å². The fourth-order valence-corrected chi connectivity index (χ4v) is 7.65. The van der Waals surface area contributed by atoms with Crippen LogP contribution < -0.4 is 21.4 Å². The number of thioether (sulfide) groups is 2. The molecule has 10 N–H and O–H groups in total. The summed E-state index contributed by atoms with van der Waals surface area (Å²) in [7, 11) is 1.55. The Morgan fingerprint density at radius 1 is 1.16 bits per heavy atom. The molecule has 49 heavy (non-hydrogen) atoms. The fourth-order valence-electron chi connectivity index (χ4n) is 4.67. The molecule has 4 heterocycles. The second-order valence-corrected chi connectivity index (χ2v) is 13.2. The Balaban J connectivity index is 1.35. The lowest BCUT2D eigenvalue weighted by Crippen LogP contribution is -2.71. The molecule has 0 aliphatic carbocycles. The molecule has 256 valence electrons. The zero-order chi connectivity index (χ0) is 35.7. The van der Waals surface area contributed by atoms with Crippen LogP contribution in [-0.4, -0.2) is 98.8 Å². The van der Waals surface area contributed by atoms with Gasteiger partial charge in [0.05, 0.1) is 7.05 Å². The molecule has 1 saturated heterocycles. The number of nitrogens with two attached hydrogens (primary N) is 2. The normalized spacial score (nSPS) is 17.9. The number of phenolic OH excluding ortho intramolecular Hbond substituents is 2. The number of thiazole rings is 1. The molecule has 0 spiro atoms. The van der Waals surface area contributed by atoms with Crippen LogP contribution in [-0.2, 0) is 31.1 Å². The van der Waals surface area contributed by atoms with Crippen LogP contribution in [0, 0.1) is 0 Å². The molecule has 1 fully saturated rings. The minimum absolute atomic E-state index is 0.0356. The van der Waals surface area contributed by atoms with Crippen molar-refractivity contribution in [1.82, 2.24) is 20.2 Å². The van der Waals surface area contributed by atoms with E-state index < -0.39 is 64.5 Å². The highest BCUT2D eigenvalue weighted by atomic mass is 32.2. The number of rotatable bonds is 12. The molecule has 2 aliphatic rings. The van der Waals surface area contributed by atoms with Gasteiger partial charge in [-0.3, -0.25) is 14.5 Å². The van der Waals surface area contributed by atoms with E-state index in [-0.39, 0.29) is 45.0 Å². The van der Waals surface area contributed by atoms with E-state index in [1.165, 1.54) is 27.9 Å². The van der Waals surface area contributed by atoms with Gasteiger partial charge in [0.1, 0.15) is 29.0 Å². The number of carbonyl (C=O) groups excluding carboxylic acids is 2. The Labute approximate surface area is 286 Å². The molecule has 1 aromatic carbocycles. The predicted molar refractivity (Wildman–Crippen MR) is 171 cm³/mol. The van der Waals surface area contributed by atoms with Crippen molar-refractivity contribution >= 4 is 81.2 Å². The number of β-lactam (4-membered cyclic amide) rings is 1. The van der Waals surface area contributed by atoms with Crippen molar-refractivity contribution in [3.63, 3.8) is 0 Å². The van der Waals surface area contributed by atoms with E-state index in [9.17, 15) is 49.5 Å². The standard InChI is InChI=1S/C27H24N8O11S3/c1-34-5-11(23(40)41)19(28)32-27(34)49-7-10-6-47-22-16(21(39)35(22)17(10)24(42)43)31-20(38)15(12-8-48-26(29)30-12)33-46-18(25(44)45)9-2-3-13(36)14(37)4-9/h2-5,8,16,18,22,28H,6-7H2,1H3,(H8,29,30,31,33,36,37,38,40,41,42,43,44,45)/p+1. The summed E-state index contributed by atoms with van der Waals surface area (Å²) in [6.45, 7) is 0. The van der Waals surface area contributed by atoms with Crippen LogP contribution in [0.1, 0.15) is 27.7 Å². The van der Waals surface area contributed by atoms with E-state index in [2.05, 4.69) is 20.4 Å². The quantitative estimate of drug-likeness (QED) is 0.0226. The van der Waals surface area contributed by atoms with Crippen molar-refractivity contribution in [1.29, 1.82) is 0 Å². The summed E-state index contributed by atoms with van der Waals surface area (Å²) >= 11 is 3.20. The minimum atomic E-state index is -1.84. The van der Waals surface area contributed by atoms with Gasteiger partial charge in [0, 0.05) is 22.4 Å². The molecule has 2 aromatic heterocycles. The molecule has 5 rings (SSSR count). The van der Waals surface area contributed by atoms with Gasteiger partial charge >= 0.3 is 23.1 Å². The highest BCUT2D eigenvalue weighted by Gasteiger charge is 2.54. The average Bonchev–Trinajstić information content (AvgIpc) is 3.47. The van der Waals surface area contributed by atoms with Crippen LogP contribution in [0.5, 0.6) is 11.5 Å². The minimum Gasteiger partial charge on any atom is -0.504 e. The Kier molecular flexibility index (Phi) is 9.82. The number of nitrogens with zero attached hydrogens (tertiary/aromatic N) is 5. The summed E-state index contributed by atoms with van der Waals surface area (Å²) in [6, 6.07) is 1.92. The number of carboxylic acids is 3. The number of aliphatic carboxylic acids is 2. The van der Waals surface area contributed by atoms with Gasteiger partial charge < -0.3 is 47.2 Å². The number of aromatic hydroxyl groups is 2. The summed E-state index contributed by atoms with van der Waals surface area (Å²) in [5.41, 5.74) is 10.6. The average molecular weight is 734 g/mol. The number of aryl methyl sites for hydroxylation is 1. The number of nitrogens with one attached hydrogen (secondary N) is 1. The monoisotopic (exact) mass is 733 g/mol. The van der Waals surface area contributed by atoms with Crippen molar-refractivity contribution < 1.29 is 58.9 Å². The number of amides is 2. The maximum Gasteiger partial charge on any atom is 0.361 e. The molecule has 3 atom stereocenters. The van der Waals surface area contributed by atoms with Gasteiger partial charge in [0.15, 0.2) is 27.9 Å². The Morgan fingerprint density at radius 2 is 1.90 bits per heavy atom. The molecule has 2 aliphatic heterocycles. The van der Waals surface area contributed by atoms with E-state index in [4.69, 9.17) is 16.3 Å². The third kappa shape index (κ3) is 7.00. The lowest BCUT2D eigenvalue weighted by atomic mass is 10.0. The molecule has 0 bridgehead atoms. The number of phenols is 2. The number of hydrogen-bond donors (Lipinski definition) is 8. The number of fused-ring (bicyclic) bond motifs is 1. The third-order valence-corrected chi connectivity index (χ3v) is 10.2. The van der Waals surface area contributed by atoms with Gasteiger partial charge in [0.25, 0.3) is 17.6 Å². The zero-order valence-electron chi connectivity index (χ0n) is 24.8. The van der Waals surface area contributed by atoms with Gasteiger partial charge in [0.2, 0.25) is 6.10 Å². The van der Waals surface area contributed by atoms with Crippen molar-refractivity contribution in [2.24, 2.45) is 12.2 Å². The molecule has 0 saturated carbocycles. The Hall–Kier alpha value is -5.61. The van der Waals surface area contributed by atoms with E-state index in [0.717, 1.165) is 46.2 Å². The molecule has 3 unspecified atom stereocenters. The van der Waals surface area contributed by atoms with Crippen LogP contribution in [0.3, 0.4) is 0 Å². The van der Waals surface area contributed by atoms with Crippen molar-refractivity contribution in [2.45, 2.75) is 22.7 Å². The van der Waals surface area contributed by atoms with Gasteiger partial charge in [-0.1, -0.05) is 11.2 Å². The molecule has 2 amide bonds. The topological polar surface area (TPSA) is 305 Å². The summed E-state index contributed by atoms with van der Waals surface area (Å²) in [5, 5.41) is 55.4. The van der Waals surface area contributed by atoms with E-state index >= 15 is 0 Å². The first kappa shape index (κ1) is 34.7. The highest BCUT2D eigenvalue weighted by molar-refractivity contribution is 8.01. The fraction of sp³-hybridized carbons (Fsp3) is 0.222. The van der Waals surface area contributed by atoms with Crippen molar-refractivity contribution in [3.8, 4) is 11.5 Å². The molecular formula is C27H25N8O11S3+. The highest BCUT2D eigenvalue weighted by Crippen LogP contribution is 2.41. The van der Waals surface area contributed by atoms with Gasteiger partial charge in [-0.2, -0.15) is 0 Å². The SMILES string of the molecule is C[n+]1cc(C(=O)O)c(N)nc1SCC1=C(C(=O)O)N2C(=O)C(NC(=O)/C(=N\OC(C(=O)O)c3ccc(O)c(O)c3)c3csc(N)n3)C2SC1. The van der Waals surface area contributed by atoms with E-state index in [1.807, 2.05) is 0 Å². The molecule has 19 nitrogen and oxygen atoms in total. The molecule has 3 aromatic rings. The number of carboxylic acid groups (broad SMARTS) is 3. The van der Waals surface area contributed by atoms with Crippen molar-refractivity contribution in [3.05, 3.63) is 57.9 Å². The maximum atomic E-state index is 13.5. The number of carbonyl (C=O) groups is 5. The first-order valence-corrected chi connectivity index (χ1v) is 16.5. The molecule has 0 radical (unpaired) electrons. The largest absolute Gasteiger partial charge is 0.504 e. The lowest BCUT2D eigenvalue weighted by molar-refractivity contribution is -0.713. The van der Waals surface area contributed by atoms with Crippen LogP contribution >= 0.6 is 34.9 Å². The number of anilines is 2. The number of benzene rings is 1. The number of hydrogen-bond acceptors (Lipinski definition) is 16. The van der Waals surface area contributed by atoms with Crippen molar-refractivity contribution in [2.75, 3.05) is 23.0 Å². The zero-order valence-corrected chi connectivity index (χ0v) is 27.3. The van der Waals surface area contributed by atoms with Gasteiger partial charge in [-0.15, -0.1) is 23.1 Å². The van der Waals surface area contributed by atoms with Crippen LogP contribution in [0.15, 0.2) is 51.4 Å². The third-order valence-electron chi connectivity index (χ3n) is 7.01. The van der Waals surface area contributed by atoms with Crippen LogP contribution in [0.25, 0.3) is 0 Å².